The summed E-state index contributed by atoms with van der Waals surface area (Å²) >= 11 is 6.13. The molecule has 22 heavy (non-hydrogen) atoms. The van der Waals surface area contributed by atoms with Crippen LogP contribution in [0.15, 0.2) is 30.6 Å². The minimum Gasteiger partial charge on any atom is -0.393 e. The fourth-order valence-electron chi connectivity index (χ4n) is 2.34. The number of para-hydroxylation sites is 1. The van der Waals surface area contributed by atoms with Crippen LogP contribution >= 0.6 is 11.6 Å². The fraction of sp³-hybridized carbons (Fsp3) is 0.333. The van der Waals surface area contributed by atoms with Crippen molar-refractivity contribution in [1.29, 1.82) is 0 Å². The van der Waals surface area contributed by atoms with Crippen LogP contribution in [0.4, 0.5) is 23.0 Å². The summed E-state index contributed by atoms with van der Waals surface area (Å²) < 4.78 is 5.58. The van der Waals surface area contributed by atoms with E-state index in [-0.39, 0.29) is 6.10 Å². The standard InChI is InChI=1S/C15H18ClN5O/c16-11-5-1-2-6-12(11)21-15-13(17)14(19-9-20-15)18-8-10-4-3-7-22-10/h1-2,5-6,9-10H,3-4,7-8,17H2,(H2,18,19,20,21). The van der Waals surface area contributed by atoms with E-state index in [1.54, 1.807) is 6.07 Å². The van der Waals surface area contributed by atoms with Crippen LogP contribution in [-0.4, -0.2) is 29.2 Å². The highest BCUT2D eigenvalue weighted by Crippen LogP contribution is 2.29. The van der Waals surface area contributed by atoms with Gasteiger partial charge >= 0.3 is 0 Å². The highest BCUT2D eigenvalue weighted by atomic mass is 35.5. The molecular weight excluding hydrogens is 302 g/mol. The lowest BCUT2D eigenvalue weighted by Gasteiger charge is -2.15. The topological polar surface area (TPSA) is 85.1 Å². The SMILES string of the molecule is Nc1c(NCC2CCCO2)ncnc1Nc1ccccc1Cl. The summed E-state index contributed by atoms with van der Waals surface area (Å²) in [5, 5.41) is 6.96. The van der Waals surface area contributed by atoms with Crippen molar-refractivity contribution >= 4 is 34.6 Å². The Bertz CT molecular complexity index is 646. The van der Waals surface area contributed by atoms with Gasteiger partial charge in [0.2, 0.25) is 0 Å². The monoisotopic (exact) mass is 319 g/mol. The van der Waals surface area contributed by atoms with Crippen molar-refractivity contribution in [2.75, 3.05) is 29.5 Å². The smallest absolute Gasteiger partial charge is 0.159 e. The van der Waals surface area contributed by atoms with Crippen molar-refractivity contribution in [3.63, 3.8) is 0 Å². The van der Waals surface area contributed by atoms with Crippen molar-refractivity contribution in [3.8, 4) is 0 Å². The van der Waals surface area contributed by atoms with Crippen LogP contribution in [0, 0.1) is 0 Å². The molecule has 0 aliphatic carbocycles. The van der Waals surface area contributed by atoms with Crippen molar-refractivity contribution in [3.05, 3.63) is 35.6 Å². The Labute approximate surface area is 134 Å². The molecule has 1 aliphatic rings. The number of ether oxygens (including phenoxy) is 1. The third-order valence-corrected chi connectivity index (χ3v) is 3.86. The Balaban J connectivity index is 1.72. The molecule has 1 fully saturated rings. The summed E-state index contributed by atoms with van der Waals surface area (Å²) in [6, 6.07) is 7.43. The van der Waals surface area contributed by atoms with E-state index in [1.807, 2.05) is 18.2 Å². The quantitative estimate of drug-likeness (QED) is 0.785. The van der Waals surface area contributed by atoms with Crippen LogP contribution in [-0.2, 0) is 4.74 Å². The van der Waals surface area contributed by atoms with Gasteiger partial charge in [0.1, 0.15) is 12.0 Å². The van der Waals surface area contributed by atoms with Gasteiger partial charge in [0, 0.05) is 13.2 Å². The largest absolute Gasteiger partial charge is 0.393 e. The highest BCUT2D eigenvalue weighted by Gasteiger charge is 2.16. The molecule has 2 aromatic rings. The van der Waals surface area contributed by atoms with Gasteiger partial charge in [0.05, 0.1) is 16.8 Å². The summed E-state index contributed by atoms with van der Waals surface area (Å²) in [7, 11) is 0. The zero-order chi connectivity index (χ0) is 15.4. The van der Waals surface area contributed by atoms with Gasteiger partial charge in [-0.15, -0.1) is 0 Å². The second-order valence-corrected chi connectivity index (χ2v) is 5.51. The molecule has 1 aromatic carbocycles. The molecule has 3 rings (SSSR count). The minimum absolute atomic E-state index is 0.217. The third-order valence-electron chi connectivity index (χ3n) is 3.53. The maximum atomic E-state index is 6.13. The molecule has 1 aliphatic heterocycles. The zero-order valence-corrected chi connectivity index (χ0v) is 12.8. The third kappa shape index (κ3) is 3.40. The molecule has 0 spiro atoms. The van der Waals surface area contributed by atoms with Gasteiger partial charge in [-0.25, -0.2) is 9.97 Å². The van der Waals surface area contributed by atoms with E-state index >= 15 is 0 Å². The van der Waals surface area contributed by atoms with Crippen LogP contribution in [0.3, 0.4) is 0 Å². The van der Waals surface area contributed by atoms with Crippen molar-refractivity contribution in [2.24, 2.45) is 0 Å². The second kappa shape index (κ2) is 6.81. The van der Waals surface area contributed by atoms with E-state index in [0.717, 1.165) is 25.1 Å². The lowest BCUT2D eigenvalue weighted by Crippen LogP contribution is -2.20. The Kier molecular flexibility index (Phi) is 4.60. The molecule has 7 heteroatoms. The first-order valence-corrected chi connectivity index (χ1v) is 7.59. The van der Waals surface area contributed by atoms with Crippen molar-refractivity contribution < 1.29 is 4.74 Å². The number of halogens is 1. The van der Waals surface area contributed by atoms with Gasteiger partial charge in [-0.05, 0) is 25.0 Å². The van der Waals surface area contributed by atoms with Gasteiger partial charge < -0.3 is 21.1 Å². The maximum Gasteiger partial charge on any atom is 0.159 e. The number of nitrogen functional groups attached to an aromatic ring is 1. The average Bonchev–Trinajstić information content (AvgIpc) is 3.04. The van der Waals surface area contributed by atoms with E-state index in [2.05, 4.69) is 20.6 Å². The van der Waals surface area contributed by atoms with Crippen LogP contribution in [0.1, 0.15) is 12.8 Å². The Morgan fingerprint density at radius 1 is 1.27 bits per heavy atom. The lowest BCUT2D eigenvalue weighted by atomic mass is 10.2. The number of hydrogen-bond acceptors (Lipinski definition) is 6. The maximum absolute atomic E-state index is 6.13. The Morgan fingerprint density at radius 2 is 2.09 bits per heavy atom. The fourth-order valence-corrected chi connectivity index (χ4v) is 2.53. The number of benzene rings is 1. The Morgan fingerprint density at radius 3 is 2.86 bits per heavy atom. The summed E-state index contributed by atoms with van der Waals surface area (Å²) in [5.74, 6) is 1.12. The molecule has 0 bridgehead atoms. The predicted octanol–water partition coefficient (Wildman–Crippen LogP) is 3.05. The Hall–Kier alpha value is -2.05. The van der Waals surface area contributed by atoms with Gasteiger partial charge in [-0.2, -0.15) is 0 Å². The first-order valence-electron chi connectivity index (χ1n) is 7.21. The molecule has 4 N–H and O–H groups in total. The summed E-state index contributed by atoms with van der Waals surface area (Å²) in [4.78, 5) is 8.37. The molecule has 0 amide bonds. The van der Waals surface area contributed by atoms with E-state index < -0.39 is 0 Å². The number of nitrogens with two attached hydrogens (primary N) is 1. The number of hydrogen-bond donors (Lipinski definition) is 3. The minimum atomic E-state index is 0.217. The molecule has 116 valence electrons. The van der Waals surface area contributed by atoms with E-state index in [4.69, 9.17) is 22.1 Å². The van der Waals surface area contributed by atoms with Crippen LogP contribution < -0.4 is 16.4 Å². The number of aromatic nitrogens is 2. The van der Waals surface area contributed by atoms with Gasteiger partial charge in [0.15, 0.2) is 11.6 Å². The normalized spacial score (nSPS) is 17.4. The summed E-state index contributed by atoms with van der Waals surface area (Å²) in [5.41, 5.74) is 7.34. The van der Waals surface area contributed by atoms with E-state index in [9.17, 15) is 0 Å². The molecule has 6 nitrogen and oxygen atoms in total. The number of rotatable bonds is 5. The van der Waals surface area contributed by atoms with Crippen LogP contribution in [0.25, 0.3) is 0 Å². The van der Waals surface area contributed by atoms with Gasteiger partial charge in [-0.3, -0.25) is 0 Å². The molecule has 0 radical (unpaired) electrons. The zero-order valence-electron chi connectivity index (χ0n) is 12.1. The molecule has 1 aromatic heterocycles. The number of nitrogens with zero attached hydrogens (tertiary/aromatic N) is 2. The molecular formula is C15H18ClN5O. The molecule has 2 heterocycles. The highest BCUT2D eigenvalue weighted by molar-refractivity contribution is 6.33. The van der Waals surface area contributed by atoms with E-state index in [0.29, 0.717) is 28.9 Å². The van der Waals surface area contributed by atoms with Crippen molar-refractivity contribution in [2.45, 2.75) is 18.9 Å². The molecule has 1 unspecified atom stereocenters. The first-order chi connectivity index (χ1) is 10.7. The van der Waals surface area contributed by atoms with Crippen LogP contribution in [0.5, 0.6) is 0 Å². The molecule has 1 atom stereocenters. The number of anilines is 4. The number of nitrogens with one attached hydrogen (secondary N) is 2. The lowest BCUT2D eigenvalue weighted by molar-refractivity contribution is 0.120. The summed E-state index contributed by atoms with van der Waals surface area (Å²) in [6.07, 6.45) is 3.84. The molecule has 1 saturated heterocycles. The summed E-state index contributed by atoms with van der Waals surface area (Å²) in [6.45, 7) is 1.51. The first kappa shape index (κ1) is 14.9. The van der Waals surface area contributed by atoms with Crippen molar-refractivity contribution in [1.82, 2.24) is 9.97 Å². The average molecular weight is 320 g/mol. The van der Waals surface area contributed by atoms with E-state index in [1.165, 1.54) is 6.33 Å². The predicted molar refractivity (Wildman–Crippen MR) is 88.6 cm³/mol. The van der Waals surface area contributed by atoms with Crippen LogP contribution in [0.2, 0.25) is 5.02 Å². The van der Waals surface area contributed by atoms with Gasteiger partial charge in [-0.1, -0.05) is 23.7 Å². The second-order valence-electron chi connectivity index (χ2n) is 5.11. The van der Waals surface area contributed by atoms with Gasteiger partial charge in [0.25, 0.3) is 0 Å². The molecule has 0 saturated carbocycles.